The topological polar surface area (TPSA) is 60.2 Å². The van der Waals surface area contributed by atoms with Gasteiger partial charge in [-0.2, -0.15) is 4.98 Å². The lowest BCUT2D eigenvalue weighted by molar-refractivity contribution is 0.192. The van der Waals surface area contributed by atoms with Crippen LogP contribution in [0.15, 0.2) is 4.52 Å². The van der Waals surface area contributed by atoms with Crippen molar-refractivity contribution in [2.24, 2.45) is 0 Å². The first-order valence-electron chi connectivity index (χ1n) is 6.05. The lowest BCUT2D eigenvalue weighted by atomic mass is 10.1. The predicted octanol–water partition coefficient (Wildman–Crippen LogP) is 1.29. The van der Waals surface area contributed by atoms with Gasteiger partial charge in [-0.05, 0) is 25.8 Å². The molecule has 6 heteroatoms. The third-order valence-corrected chi connectivity index (χ3v) is 3.36. The van der Waals surface area contributed by atoms with E-state index in [1.165, 1.54) is 12.8 Å². The normalized spacial score (nSPS) is 28.2. The van der Waals surface area contributed by atoms with Crippen molar-refractivity contribution >= 4 is 12.4 Å². The van der Waals surface area contributed by atoms with Gasteiger partial charge in [-0.15, -0.1) is 12.4 Å². The summed E-state index contributed by atoms with van der Waals surface area (Å²) < 4.78 is 10.6. The Kier molecular flexibility index (Phi) is 4.36. The van der Waals surface area contributed by atoms with Crippen LogP contribution in [0.4, 0.5) is 0 Å². The Morgan fingerprint density at radius 2 is 2.29 bits per heavy atom. The Morgan fingerprint density at radius 3 is 3.00 bits per heavy atom. The maximum absolute atomic E-state index is 5.32. The van der Waals surface area contributed by atoms with Gasteiger partial charge in [-0.1, -0.05) is 5.16 Å². The van der Waals surface area contributed by atoms with Crippen LogP contribution in [0.5, 0.6) is 0 Å². The average molecular weight is 260 g/mol. The van der Waals surface area contributed by atoms with E-state index in [2.05, 4.69) is 15.5 Å². The van der Waals surface area contributed by atoms with E-state index in [0.29, 0.717) is 12.0 Å². The Hall–Kier alpha value is -0.650. The van der Waals surface area contributed by atoms with E-state index in [0.717, 1.165) is 44.3 Å². The molecule has 0 aliphatic carbocycles. The van der Waals surface area contributed by atoms with E-state index in [-0.39, 0.29) is 12.4 Å². The zero-order valence-electron chi connectivity index (χ0n) is 9.72. The van der Waals surface area contributed by atoms with Crippen LogP contribution in [0.2, 0.25) is 0 Å². The van der Waals surface area contributed by atoms with Gasteiger partial charge in [0.1, 0.15) is 0 Å². The standard InChI is InChI=1S/C11H17N3O2.ClH/c1-2-9(12-4-1)6-10-13-11(14-16-10)8-3-5-15-7-8;/h8-9,12H,1-7H2;1H. The summed E-state index contributed by atoms with van der Waals surface area (Å²) in [6, 6.07) is 0.521. The molecule has 2 aliphatic heterocycles. The molecule has 3 rings (SSSR count). The lowest BCUT2D eigenvalue weighted by Gasteiger charge is -2.04. The van der Waals surface area contributed by atoms with Crippen LogP contribution < -0.4 is 5.32 Å². The fraction of sp³-hybridized carbons (Fsp3) is 0.818. The average Bonchev–Trinajstić information content (AvgIpc) is 2.99. The van der Waals surface area contributed by atoms with E-state index in [4.69, 9.17) is 9.26 Å². The highest BCUT2D eigenvalue weighted by molar-refractivity contribution is 5.85. The van der Waals surface area contributed by atoms with Crippen LogP contribution in [-0.2, 0) is 11.2 Å². The molecule has 2 saturated heterocycles. The van der Waals surface area contributed by atoms with Crippen molar-refractivity contribution in [2.75, 3.05) is 19.8 Å². The van der Waals surface area contributed by atoms with Crippen LogP contribution in [0, 0.1) is 0 Å². The molecule has 3 heterocycles. The number of ether oxygens (including phenoxy) is 1. The van der Waals surface area contributed by atoms with Crippen molar-refractivity contribution in [3.05, 3.63) is 11.7 Å². The van der Waals surface area contributed by atoms with Crippen molar-refractivity contribution in [2.45, 2.75) is 37.6 Å². The molecule has 17 heavy (non-hydrogen) atoms. The maximum Gasteiger partial charge on any atom is 0.228 e. The molecule has 2 aliphatic rings. The van der Waals surface area contributed by atoms with Gasteiger partial charge in [0.05, 0.1) is 6.61 Å². The minimum Gasteiger partial charge on any atom is -0.381 e. The Balaban J connectivity index is 0.00000108. The number of hydrogen-bond donors (Lipinski definition) is 1. The molecule has 0 aromatic carbocycles. The molecule has 1 aromatic rings. The molecule has 0 radical (unpaired) electrons. The highest BCUT2D eigenvalue weighted by atomic mass is 35.5. The Labute approximate surface area is 107 Å². The molecule has 0 amide bonds. The second-order valence-electron chi connectivity index (χ2n) is 4.60. The zero-order chi connectivity index (χ0) is 10.8. The highest BCUT2D eigenvalue weighted by Gasteiger charge is 2.24. The van der Waals surface area contributed by atoms with E-state index in [1.807, 2.05) is 0 Å². The molecular weight excluding hydrogens is 242 g/mol. The van der Waals surface area contributed by atoms with Gasteiger partial charge in [0, 0.05) is 25.0 Å². The van der Waals surface area contributed by atoms with Gasteiger partial charge in [0.25, 0.3) is 0 Å². The monoisotopic (exact) mass is 259 g/mol. The van der Waals surface area contributed by atoms with Crippen LogP contribution in [0.25, 0.3) is 0 Å². The van der Waals surface area contributed by atoms with Gasteiger partial charge in [0.15, 0.2) is 5.82 Å². The second kappa shape index (κ2) is 5.80. The molecule has 0 spiro atoms. The first kappa shape index (κ1) is 12.8. The maximum atomic E-state index is 5.32. The van der Waals surface area contributed by atoms with Crippen molar-refractivity contribution in [1.82, 2.24) is 15.5 Å². The fourth-order valence-corrected chi connectivity index (χ4v) is 2.40. The van der Waals surface area contributed by atoms with E-state index in [9.17, 15) is 0 Å². The summed E-state index contributed by atoms with van der Waals surface area (Å²) in [5.74, 6) is 1.93. The summed E-state index contributed by atoms with van der Waals surface area (Å²) in [5.41, 5.74) is 0. The SMILES string of the molecule is C1CNC(Cc2nc(C3CCOC3)no2)C1.Cl. The third-order valence-electron chi connectivity index (χ3n) is 3.36. The third kappa shape index (κ3) is 2.97. The minimum absolute atomic E-state index is 0. The molecule has 0 saturated carbocycles. The van der Waals surface area contributed by atoms with Gasteiger partial charge in [-0.3, -0.25) is 0 Å². The van der Waals surface area contributed by atoms with Gasteiger partial charge < -0.3 is 14.6 Å². The van der Waals surface area contributed by atoms with Crippen LogP contribution >= 0.6 is 12.4 Å². The van der Waals surface area contributed by atoms with Crippen LogP contribution in [0.3, 0.4) is 0 Å². The molecule has 1 aromatic heterocycles. The van der Waals surface area contributed by atoms with E-state index >= 15 is 0 Å². The first-order chi connectivity index (χ1) is 7.92. The number of halogens is 1. The summed E-state index contributed by atoms with van der Waals surface area (Å²) in [6.07, 6.45) is 4.34. The highest BCUT2D eigenvalue weighted by Crippen LogP contribution is 2.23. The molecule has 2 fully saturated rings. The summed E-state index contributed by atoms with van der Waals surface area (Å²) in [4.78, 5) is 4.46. The van der Waals surface area contributed by atoms with Gasteiger partial charge >= 0.3 is 0 Å². The number of nitrogens with zero attached hydrogens (tertiary/aromatic N) is 2. The zero-order valence-corrected chi connectivity index (χ0v) is 10.5. The van der Waals surface area contributed by atoms with Crippen molar-refractivity contribution < 1.29 is 9.26 Å². The molecule has 2 atom stereocenters. The van der Waals surface area contributed by atoms with Crippen LogP contribution in [-0.4, -0.2) is 35.9 Å². The largest absolute Gasteiger partial charge is 0.381 e. The molecule has 5 nitrogen and oxygen atoms in total. The second-order valence-corrected chi connectivity index (χ2v) is 4.60. The molecule has 2 unspecified atom stereocenters. The first-order valence-corrected chi connectivity index (χ1v) is 6.05. The predicted molar refractivity (Wildman–Crippen MR) is 64.5 cm³/mol. The Morgan fingerprint density at radius 1 is 1.35 bits per heavy atom. The summed E-state index contributed by atoms with van der Waals surface area (Å²) >= 11 is 0. The van der Waals surface area contributed by atoms with Gasteiger partial charge in [0.2, 0.25) is 5.89 Å². The summed E-state index contributed by atoms with van der Waals surface area (Å²) in [5, 5.41) is 7.48. The van der Waals surface area contributed by atoms with Crippen molar-refractivity contribution in [1.29, 1.82) is 0 Å². The van der Waals surface area contributed by atoms with Crippen molar-refractivity contribution in [3.8, 4) is 0 Å². The number of rotatable bonds is 3. The number of aromatic nitrogens is 2. The lowest BCUT2D eigenvalue weighted by Crippen LogP contribution is -2.23. The summed E-state index contributed by atoms with van der Waals surface area (Å²) in [6.45, 7) is 2.67. The van der Waals surface area contributed by atoms with E-state index in [1.54, 1.807) is 0 Å². The van der Waals surface area contributed by atoms with Crippen molar-refractivity contribution in [3.63, 3.8) is 0 Å². The molecular formula is C11H18ClN3O2. The molecule has 96 valence electrons. The Bertz CT molecular complexity index is 346. The minimum atomic E-state index is 0. The number of hydrogen-bond acceptors (Lipinski definition) is 5. The molecule has 0 bridgehead atoms. The fourth-order valence-electron chi connectivity index (χ4n) is 2.40. The van der Waals surface area contributed by atoms with E-state index < -0.39 is 0 Å². The molecule has 1 N–H and O–H groups in total. The van der Waals surface area contributed by atoms with Gasteiger partial charge in [-0.25, -0.2) is 0 Å². The summed E-state index contributed by atoms with van der Waals surface area (Å²) in [7, 11) is 0. The smallest absolute Gasteiger partial charge is 0.228 e. The number of nitrogens with one attached hydrogen (secondary N) is 1. The van der Waals surface area contributed by atoms with Crippen LogP contribution in [0.1, 0.15) is 36.9 Å². The quantitative estimate of drug-likeness (QED) is 0.886.